The van der Waals surface area contributed by atoms with Crippen molar-refractivity contribution in [3.8, 4) is 0 Å². The third-order valence-corrected chi connectivity index (χ3v) is 4.74. The molecule has 8 heteroatoms. The van der Waals surface area contributed by atoms with Crippen molar-refractivity contribution < 1.29 is 28.5 Å². The molecule has 3 aliphatic rings. The number of amides is 1. The minimum absolute atomic E-state index is 0.352. The Labute approximate surface area is 156 Å². The Morgan fingerprint density at radius 2 is 1.65 bits per heavy atom. The van der Waals surface area contributed by atoms with Crippen molar-refractivity contribution in [2.75, 3.05) is 5.32 Å². The summed E-state index contributed by atoms with van der Waals surface area (Å²) in [5.41, 5.74) is 0.576. The molecule has 1 N–H and O–H groups in total. The molecule has 0 radical (unpaired) electrons. The number of fused-ring (bicyclic) bond motifs is 3. The molecule has 0 spiro atoms. The average molecular weight is 384 g/mol. The van der Waals surface area contributed by atoms with Crippen LogP contribution in [0.1, 0.15) is 27.7 Å². The van der Waals surface area contributed by atoms with Gasteiger partial charge in [0, 0.05) is 10.7 Å². The third-order valence-electron chi connectivity index (χ3n) is 4.51. The predicted molar refractivity (Wildman–Crippen MR) is 92.6 cm³/mol. The monoisotopic (exact) mass is 383 g/mol. The van der Waals surface area contributed by atoms with E-state index in [0.29, 0.717) is 10.7 Å². The van der Waals surface area contributed by atoms with Gasteiger partial charge in [0.2, 0.25) is 0 Å². The summed E-state index contributed by atoms with van der Waals surface area (Å²) in [4.78, 5) is 12.9. The van der Waals surface area contributed by atoms with Crippen LogP contribution in [-0.4, -0.2) is 48.2 Å². The lowest BCUT2D eigenvalue weighted by Gasteiger charge is -2.36. The van der Waals surface area contributed by atoms with Crippen molar-refractivity contribution in [1.29, 1.82) is 0 Å². The number of anilines is 1. The molecular weight excluding hydrogens is 362 g/mol. The fourth-order valence-electron chi connectivity index (χ4n) is 3.60. The van der Waals surface area contributed by atoms with Crippen molar-refractivity contribution in [1.82, 2.24) is 0 Å². The largest absolute Gasteiger partial charge is 0.342 e. The number of carbonyl (C=O) groups excluding carboxylic acids is 1. The van der Waals surface area contributed by atoms with Gasteiger partial charge < -0.3 is 29.0 Å². The molecule has 1 amide bonds. The topological polar surface area (TPSA) is 75.3 Å². The minimum atomic E-state index is -0.903. The maximum Gasteiger partial charge on any atom is 0.256 e. The Morgan fingerprint density at radius 3 is 2.38 bits per heavy atom. The van der Waals surface area contributed by atoms with Gasteiger partial charge in [-0.3, -0.25) is 4.79 Å². The lowest BCUT2D eigenvalue weighted by Crippen LogP contribution is -2.58. The van der Waals surface area contributed by atoms with Gasteiger partial charge in [0.15, 0.2) is 24.0 Å². The van der Waals surface area contributed by atoms with Crippen molar-refractivity contribution >= 4 is 23.2 Å². The first-order valence-electron chi connectivity index (χ1n) is 8.57. The van der Waals surface area contributed by atoms with E-state index in [1.807, 2.05) is 0 Å². The van der Waals surface area contributed by atoms with Crippen LogP contribution in [0.3, 0.4) is 0 Å². The van der Waals surface area contributed by atoms with Crippen LogP contribution < -0.4 is 5.32 Å². The van der Waals surface area contributed by atoms with E-state index in [1.165, 1.54) is 0 Å². The van der Waals surface area contributed by atoms with E-state index in [9.17, 15) is 4.79 Å². The normalized spacial score (nSPS) is 37.0. The van der Waals surface area contributed by atoms with Crippen LogP contribution in [0, 0.1) is 0 Å². The molecule has 0 saturated carbocycles. The van der Waals surface area contributed by atoms with E-state index in [2.05, 4.69) is 5.32 Å². The quantitative estimate of drug-likeness (QED) is 0.846. The molecule has 3 heterocycles. The SMILES string of the molecule is CC1(C)O[C@@H]2[C@@H](O1)[C@H](C(=O)Nc1cccc(Cl)c1)O[C@H]1OC(C)(C)O[C@@H]12. The average Bonchev–Trinajstić information content (AvgIpc) is 3.00. The molecule has 3 saturated heterocycles. The summed E-state index contributed by atoms with van der Waals surface area (Å²) in [6.07, 6.45) is -3.16. The molecule has 4 rings (SSSR count). The highest BCUT2D eigenvalue weighted by atomic mass is 35.5. The van der Waals surface area contributed by atoms with Gasteiger partial charge in [-0.15, -0.1) is 0 Å². The second kappa shape index (κ2) is 6.15. The molecule has 1 aromatic rings. The number of carbonyl (C=O) groups is 1. The summed E-state index contributed by atoms with van der Waals surface area (Å²) in [5, 5.41) is 3.34. The van der Waals surface area contributed by atoms with E-state index in [1.54, 1.807) is 52.0 Å². The van der Waals surface area contributed by atoms with E-state index >= 15 is 0 Å². The summed E-state index contributed by atoms with van der Waals surface area (Å²) < 4.78 is 29.6. The van der Waals surface area contributed by atoms with Crippen LogP contribution in [0.2, 0.25) is 5.02 Å². The van der Waals surface area contributed by atoms with Crippen molar-refractivity contribution in [3.63, 3.8) is 0 Å². The van der Waals surface area contributed by atoms with Gasteiger partial charge in [-0.1, -0.05) is 17.7 Å². The molecule has 3 aliphatic heterocycles. The third kappa shape index (κ3) is 3.35. The van der Waals surface area contributed by atoms with E-state index < -0.39 is 42.3 Å². The van der Waals surface area contributed by atoms with E-state index in [0.717, 1.165) is 0 Å². The van der Waals surface area contributed by atoms with E-state index in [-0.39, 0.29) is 5.91 Å². The molecule has 142 valence electrons. The summed E-state index contributed by atoms with van der Waals surface area (Å²) in [6.45, 7) is 7.19. The van der Waals surface area contributed by atoms with Crippen LogP contribution in [0.25, 0.3) is 0 Å². The highest BCUT2D eigenvalue weighted by Crippen LogP contribution is 2.44. The predicted octanol–water partition coefficient (Wildman–Crippen LogP) is 2.68. The van der Waals surface area contributed by atoms with Crippen LogP contribution in [0.15, 0.2) is 24.3 Å². The fourth-order valence-corrected chi connectivity index (χ4v) is 3.79. The summed E-state index contributed by atoms with van der Waals surface area (Å²) >= 11 is 5.98. The highest BCUT2D eigenvalue weighted by molar-refractivity contribution is 6.30. The van der Waals surface area contributed by atoms with Gasteiger partial charge in [0.25, 0.3) is 5.91 Å². The number of hydrogen-bond acceptors (Lipinski definition) is 6. The first kappa shape index (κ1) is 18.2. The number of benzene rings is 1. The molecule has 0 unspecified atom stereocenters. The molecular formula is C18H22ClNO6. The maximum atomic E-state index is 12.9. The molecule has 5 atom stereocenters. The van der Waals surface area contributed by atoms with Crippen LogP contribution >= 0.6 is 11.6 Å². The molecule has 0 aromatic heterocycles. The second-order valence-electron chi connectivity index (χ2n) is 7.59. The van der Waals surface area contributed by atoms with Gasteiger partial charge in [0.1, 0.15) is 18.3 Å². The zero-order chi connectivity index (χ0) is 18.7. The number of ether oxygens (including phenoxy) is 5. The Kier molecular flexibility index (Phi) is 4.30. The summed E-state index contributed by atoms with van der Waals surface area (Å²) in [6, 6.07) is 6.91. The maximum absolute atomic E-state index is 12.9. The standard InChI is InChI=1S/C18H22ClNO6/c1-17(2)23-11-12(24-17)14-16(26-18(3,4)25-14)22-13(11)15(21)20-10-7-5-6-9(19)8-10/h5-8,11-14,16H,1-4H3,(H,20,21)/t11-,12-,13-,14-,16+/m1/s1. The lowest BCUT2D eigenvalue weighted by atomic mass is 9.98. The second-order valence-corrected chi connectivity index (χ2v) is 8.03. The van der Waals surface area contributed by atoms with E-state index in [4.69, 9.17) is 35.3 Å². The van der Waals surface area contributed by atoms with Crippen LogP contribution in [-0.2, 0) is 28.5 Å². The molecule has 0 aliphatic carbocycles. The number of rotatable bonds is 2. The van der Waals surface area contributed by atoms with Crippen molar-refractivity contribution in [2.45, 2.75) is 70.0 Å². The van der Waals surface area contributed by atoms with Crippen molar-refractivity contribution in [3.05, 3.63) is 29.3 Å². The Hall–Kier alpha value is -1.22. The number of nitrogens with one attached hydrogen (secondary N) is 1. The zero-order valence-corrected chi connectivity index (χ0v) is 15.8. The molecule has 3 fully saturated rings. The number of halogens is 1. The van der Waals surface area contributed by atoms with Gasteiger partial charge in [-0.2, -0.15) is 0 Å². The van der Waals surface area contributed by atoms with Crippen molar-refractivity contribution in [2.24, 2.45) is 0 Å². The Bertz CT molecular complexity index is 723. The van der Waals surface area contributed by atoms with Crippen LogP contribution in [0.5, 0.6) is 0 Å². The highest BCUT2D eigenvalue weighted by Gasteiger charge is 2.62. The van der Waals surface area contributed by atoms with Gasteiger partial charge >= 0.3 is 0 Å². The van der Waals surface area contributed by atoms with Gasteiger partial charge in [-0.25, -0.2) is 0 Å². The number of hydrogen-bond donors (Lipinski definition) is 1. The fraction of sp³-hybridized carbons (Fsp3) is 0.611. The van der Waals surface area contributed by atoms with Gasteiger partial charge in [0.05, 0.1) is 0 Å². The first-order valence-corrected chi connectivity index (χ1v) is 8.95. The lowest BCUT2D eigenvalue weighted by molar-refractivity contribution is -0.229. The van der Waals surface area contributed by atoms with Gasteiger partial charge in [-0.05, 0) is 45.9 Å². The Balaban J connectivity index is 1.58. The minimum Gasteiger partial charge on any atom is -0.342 e. The molecule has 1 aromatic carbocycles. The molecule has 0 bridgehead atoms. The van der Waals surface area contributed by atoms with Crippen LogP contribution in [0.4, 0.5) is 5.69 Å². The molecule has 7 nitrogen and oxygen atoms in total. The molecule has 26 heavy (non-hydrogen) atoms. The smallest absolute Gasteiger partial charge is 0.256 e. The first-order chi connectivity index (χ1) is 12.1. The summed E-state index contributed by atoms with van der Waals surface area (Å²) in [5.74, 6) is -2.03. The summed E-state index contributed by atoms with van der Waals surface area (Å²) in [7, 11) is 0. The zero-order valence-electron chi connectivity index (χ0n) is 15.0. The Morgan fingerprint density at radius 1 is 1.00 bits per heavy atom.